The normalized spacial score (nSPS) is 18.9. The standard InChI is InChI=1S/C23H28N2O4/c1-23(2,3)29-21(26)24-19-14-15-25(20(19)18-12-8-5-9-13-18)22(27)28-16-17-10-6-4-7-11-17/h4-13,19-20H,14-16H2,1-3H3,(H,24,26)/t19-,20-/m1/s1. The second-order valence-corrected chi connectivity index (χ2v) is 8.13. The lowest BCUT2D eigenvalue weighted by Crippen LogP contribution is -2.43. The Morgan fingerprint density at radius 3 is 2.28 bits per heavy atom. The summed E-state index contributed by atoms with van der Waals surface area (Å²) in [6.07, 6.45) is -0.252. The van der Waals surface area contributed by atoms with Gasteiger partial charge < -0.3 is 14.8 Å². The number of carbonyl (C=O) groups excluding carboxylic acids is 2. The van der Waals surface area contributed by atoms with Crippen LogP contribution in [0.25, 0.3) is 0 Å². The number of nitrogens with one attached hydrogen (secondary N) is 1. The van der Waals surface area contributed by atoms with Crippen LogP contribution in [0, 0.1) is 0 Å². The highest BCUT2D eigenvalue weighted by Crippen LogP contribution is 2.33. The predicted molar refractivity (Wildman–Crippen MR) is 110 cm³/mol. The topological polar surface area (TPSA) is 67.9 Å². The molecule has 0 unspecified atom stereocenters. The van der Waals surface area contributed by atoms with Crippen molar-refractivity contribution in [1.29, 1.82) is 0 Å². The van der Waals surface area contributed by atoms with Gasteiger partial charge in [0.15, 0.2) is 0 Å². The molecule has 1 saturated heterocycles. The first-order valence-corrected chi connectivity index (χ1v) is 9.85. The first kappa shape index (κ1) is 20.7. The summed E-state index contributed by atoms with van der Waals surface area (Å²) in [4.78, 5) is 26.8. The molecule has 2 amide bonds. The van der Waals surface area contributed by atoms with Crippen LogP contribution < -0.4 is 5.32 Å². The molecule has 0 bridgehead atoms. The number of hydrogen-bond donors (Lipinski definition) is 1. The van der Waals surface area contributed by atoms with E-state index in [0.29, 0.717) is 13.0 Å². The molecule has 6 heteroatoms. The largest absolute Gasteiger partial charge is 0.445 e. The molecular formula is C23H28N2O4. The zero-order valence-electron chi connectivity index (χ0n) is 17.1. The van der Waals surface area contributed by atoms with Gasteiger partial charge in [-0.15, -0.1) is 0 Å². The van der Waals surface area contributed by atoms with E-state index < -0.39 is 17.8 Å². The number of amides is 2. The van der Waals surface area contributed by atoms with Crippen molar-refractivity contribution in [3.05, 3.63) is 71.8 Å². The smallest absolute Gasteiger partial charge is 0.410 e. The summed E-state index contributed by atoms with van der Waals surface area (Å²) in [6.45, 7) is 6.17. The number of hydrogen-bond acceptors (Lipinski definition) is 4. The molecule has 0 aromatic heterocycles. The first-order chi connectivity index (χ1) is 13.8. The number of carbonyl (C=O) groups is 2. The fourth-order valence-corrected chi connectivity index (χ4v) is 3.47. The van der Waals surface area contributed by atoms with Gasteiger partial charge in [0.25, 0.3) is 0 Å². The van der Waals surface area contributed by atoms with Gasteiger partial charge in [-0.2, -0.15) is 0 Å². The molecule has 0 saturated carbocycles. The van der Waals surface area contributed by atoms with Crippen molar-refractivity contribution in [3.63, 3.8) is 0 Å². The summed E-state index contributed by atoms with van der Waals surface area (Å²) in [5, 5.41) is 2.93. The summed E-state index contributed by atoms with van der Waals surface area (Å²) in [7, 11) is 0. The Morgan fingerprint density at radius 2 is 1.66 bits per heavy atom. The van der Waals surface area contributed by atoms with Gasteiger partial charge in [-0.25, -0.2) is 9.59 Å². The highest BCUT2D eigenvalue weighted by molar-refractivity contribution is 5.71. The maximum atomic E-state index is 12.8. The Bertz CT molecular complexity index is 818. The number of nitrogens with zero attached hydrogens (tertiary/aromatic N) is 1. The molecule has 154 valence electrons. The van der Waals surface area contributed by atoms with Crippen molar-refractivity contribution in [1.82, 2.24) is 10.2 Å². The van der Waals surface area contributed by atoms with Crippen molar-refractivity contribution in [2.45, 2.75) is 51.5 Å². The molecule has 6 nitrogen and oxygen atoms in total. The van der Waals surface area contributed by atoms with Gasteiger partial charge >= 0.3 is 12.2 Å². The molecule has 0 spiro atoms. The second-order valence-electron chi connectivity index (χ2n) is 8.13. The Hall–Kier alpha value is -3.02. The predicted octanol–water partition coefficient (Wildman–Crippen LogP) is 4.66. The van der Waals surface area contributed by atoms with Gasteiger partial charge in [-0.1, -0.05) is 60.7 Å². The SMILES string of the molecule is CC(C)(C)OC(=O)N[C@@H]1CCN(C(=O)OCc2ccccc2)[C@@H]1c1ccccc1. The maximum absolute atomic E-state index is 12.8. The minimum atomic E-state index is -0.584. The van der Waals surface area contributed by atoms with Gasteiger partial charge in [0.05, 0.1) is 12.1 Å². The molecule has 3 rings (SSSR count). The highest BCUT2D eigenvalue weighted by Gasteiger charge is 2.40. The molecule has 1 N–H and O–H groups in total. The quantitative estimate of drug-likeness (QED) is 0.816. The third kappa shape index (κ3) is 5.73. The fourth-order valence-electron chi connectivity index (χ4n) is 3.47. The maximum Gasteiger partial charge on any atom is 0.410 e. The average molecular weight is 396 g/mol. The minimum Gasteiger partial charge on any atom is -0.445 e. The van der Waals surface area contributed by atoms with Crippen LogP contribution in [-0.4, -0.2) is 35.3 Å². The van der Waals surface area contributed by atoms with E-state index in [2.05, 4.69) is 5.32 Å². The minimum absolute atomic E-state index is 0.210. The molecule has 1 aliphatic heterocycles. The van der Waals surface area contributed by atoms with E-state index in [0.717, 1.165) is 11.1 Å². The molecule has 0 aliphatic carbocycles. The van der Waals surface area contributed by atoms with Gasteiger partial charge in [0.1, 0.15) is 12.2 Å². The highest BCUT2D eigenvalue weighted by atomic mass is 16.6. The van der Waals surface area contributed by atoms with Gasteiger partial charge in [-0.05, 0) is 38.3 Å². The zero-order valence-corrected chi connectivity index (χ0v) is 17.1. The lowest BCUT2D eigenvalue weighted by molar-refractivity contribution is 0.0482. The van der Waals surface area contributed by atoms with Gasteiger partial charge in [0.2, 0.25) is 0 Å². The second kappa shape index (κ2) is 8.99. The zero-order chi connectivity index (χ0) is 20.9. The fraction of sp³-hybridized carbons (Fsp3) is 0.391. The molecule has 1 fully saturated rings. The third-order valence-corrected chi connectivity index (χ3v) is 4.68. The summed E-state index contributed by atoms with van der Waals surface area (Å²) in [6, 6.07) is 18.7. The van der Waals surface area contributed by atoms with E-state index in [-0.39, 0.29) is 18.7 Å². The van der Waals surface area contributed by atoms with Crippen LogP contribution in [-0.2, 0) is 16.1 Å². The number of ether oxygens (including phenoxy) is 2. The molecule has 2 aromatic rings. The molecular weight excluding hydrogens is 368 g/mol. The molecule has 29 heavy (non-hydrogen) atoms. The lowest BCUT2D eigenvalue weighted by Gasteiger charge is -2.29. The Kier molecular flexibility index (Phi) is 6.42. The van der Waals surface area contributed by atoms with E-state index in [1.165, 1.54) is 0 Å². The van der Waals surface area contributed by atoms with Crippen LogP contribution >= 0.6 is 0 Å². The van der Waals surface area contributed by atoms with Crippen molar-refractivity contribution in [2.24, 2.45) is 0 Å². The van der Waals surface area contributed by atoms with E-state index in [9.17, 15) is 9.59 Å². The van der Waals surface area contributed by atoms with Crippen molar-refractivity contribution in [2.75, 3.05) is 6.54 Å². The Labute approximate surface area is 171 Å². The molecule has 1 heterocycles. The summed E-state index contributed by atoms with van der Waals surface area (Å²) >= 11 is 0. The molecule has 2 aromatic carbocycles. The Balaban J connectivity index is 1.72. The van der Waals surface area contributed by atoms with E-state index in [4.69, 9.17) is 9.47 Å². The molecule has 2 atom stereocenters. The molecule has 1 aliphatic rings. The Morgan fingerprint density at radius 1 is 1.03 bits per heavy atom. The monoisotopic (exact) mass is 396 g/mol. The van der Waals surface area contributed by atoms with Crippen molar-refractivity contribution >= 4 is 12.2 Å². The van der Waals surface area contributed by atoms with Crippen LogP contribution in [0.4, 0.5) is 9.59 Å². The number of benzene rings is 2. The summed E-state index contributed by atoms with van der Waals surface area (Å²) in [5.74, 6) is 0. The van der Waals surface area contributed by atoms with Crippen LogP contribution in [0.15, 0.2) is 60.7 Å². The van der Waals surface area contributed by atoms with E-state index >= 15 is 0 Å². The van der Waals surface area contributed by atoms with E-state index in [1.54, 1.807) is 4.90 Å². The first-order valence-electron chi connectivity index (χ1n) is 9.85. The van der Waals surface area contributed by atoms with Gasteiger partial charge in [-0.3, -0.25) is 4.90 Å². The van der Waals surface area contributed by atoms with Crippen molar-refractivity contribution < 1.29 is 19.1 Å². The number of likely N-dealkylation sites (tertiary alicyclic amines) is 1. The number of rotatable bonds is 4. The lowest BCUT2D eigenvalue weighted by atomic mass is 10.0. The average Bonchev–Trinajstić information content (AvgIpc) is 3.09. The van der Waals surface area contributed by atoms with E-state index in [1.807, 2.05) is 81.4 Å². The van der Waals surface area contributed by atoms with Crippen LogP contribution in [0.5, 0.6) is 0 Å². The van der Waals surface area contributed by atoms with Gasteiger partial charge in [0, 0.05) is 6.54 Å². The van der Waals surface area contributed by atoms with Crippen molar-refractivity contribution in [3.8, 4) is 0 Å². The third-order valence-electron chi connectivity index (χ3n) is 4.68. The van der Waals surface area contributed by atoms with Crippen LogP contribution in [0.1, 0.15) is 44.4 Å². The molecule has 0 radical (unpaired) electrons. The van der Waals surface area contributed by atoms with Crippen LogP contribution in [0.2, 0.25) is 0 Å². The van der Waals surface area contributed by atoms with Crippen LogP contribution in [0.3, 0.4) is 0 Å². The summed E-state index contributed by atoms with van der Waals surface area (Å²) in [5.41, 5.74) is 1.29. The summed E-state index contributed by atoms with van der Waals surface area (Å²) < 4.78 is 10.9. The number of alkyl carbamates (subject to hydrolysis) is 1.